The van der Waals surface area contributed by atoms with Gasteiger partial charge in [-0.3, -0.25) is 8.63 Å². The van der Waals surface area contributed by atoms with Gasteiger partial charge in [0.05, 0.1) is 0 Å². The lowest BCUT2D eigenvalue weighted by molar-refractivity contribution is 0.472. The maximum Gasteiger partial charge on any atom is 0.494 e. The highest BCUT2D eigenvalue weighted by atomic mass is 28.5. The molecule has 0 amide bonds. The Bertz CT molecular complexity index is 989. The molecule has 0 spiro atoms. The minimum absolute atomic E-state index is 0.922. The van der Waals surface area contributed by atoms with Gasteiger partial charge < -0.3 is 25.0 Å². The average Bonchev–Trinajstić information content (AvgIpc) is 2.67. The molecule has 0 saturated heterocycles. The molecule has 0 bridgehead atoms. The van der Waals surface area contributed by atoms with E-state index in [1.807, 2.05) is 0 Å². The summed E-state index contributed by atoms with van der Waals surface area (Å²) in [6.07, 6.45) is 0. The van der Waals surface area contributed by atoms with Crippen molar-refractivity contribution in [2.45, 2.75) is 183 Å². The summed E-state index contributed by atoms with van der Waals surface area (Å²) in [7, 11) is -23.1. The van der Waals surface area contributed by atoms with Crippen LogP contribution in [-0.4, -0.2) is 135 Å². The Balaban J connectivity index is 7.50. The lowest BCUT2D eigenvalue weighted by Crippen LogP contribution is -2.83. The first-order chi connectivity index (χ1) is 21.3. The lowest BCUT2D eigenvalue weighted by atomic mass is 10.2. The molecule has 0 rings (SSSR count). The van der Waals surface area contributed by atoms with Crippen molar-refractivity contribution in [3.05, 3.63) is 0 Å². The molecule has 0 fully saturated rings. The molecule has 0 aromatic heterocycles. The van der Waals surface area contributed by atoms with Gasteiger partial charge in [0.25, 0.3) is 0 Å². The largest absolute Gasteiger partial charge is 0.494 e. The van der Waals surface area contributed by atoms with Gasteiger partial charge in [0, 0.05) is 0 Å². The first kappa shape index (κ1) is 51.9. The Morgan fingerprint density at radius 1 is 0.280 bits per heavy atom. The molecule has 0 unspecified atom stereocenters. The van der Waals surface area contributed by atoms with Crippen LogP contribution in [0, 0.1) is 0 Å². The van der Waals surface area contributed by atoms with Crippen molar-refractivity contribution in [2.75, 3.05) is 13.1 Å². The van der Waals surface area contributed by atoms with Crippen LogP contribution in [0.1, 0.15) is 0 Å². The van der Waals surface area contributed by atoms with Crippen LogP contribution in [0.2, 0.25) is 183 Å². The highest BCUT2D eigenvalue weighted by molar-refractivity contribution is 7.08. The Kier molecular flexibility index (Phi) is 17.0. The van der Waals surface area contributed by atoms with Gasteiger partial charge in [-0.25, -0.2) is 0 Å². The van der Waals surface area contributed by atoms with Crippen LogP contribution < -0.4 is 0 Å². The predicted octanol–water partition coefficient (Wildman–Crippen LogP) is 10.8. The highest BCUT2D eigenvalue weighted by Crippen LogP contribution is 2.36. The van der Waals surface area contributed by atoms with Crippen molar-refractivity contribution >= 4 is 97.2 Å². The van der Waals surface area contributed by atoms with Crippen molar-refractivity contribution in [1.82, 2.24) is 25.0 Å². The molecule has 0 heterocycles. The third-order valence-corrected chi connectivity index (χ3v) is 52.0. The van der Waals surface area contributed by atoms with Gasteiger partial charge in [-0.15, -0.1) is 0 Å². The molecule has 20 heteroatoms. The molecule has 0 aliphatic carbocycles. The topological polar surface area (TPSA) is 19.4 Å². The van der Waals surface area contributed by atoms with Crippen molar-refractivity contribution in [2.24, 2.45) is 0 Å². The molecular formula is C30H88B2F2N6Si10. The summed E-state index contributed by atoms with van der Waals surface area (Å²) in [5, 5.41) is 0. The van der Waals surface area contributed by atoms with Crippen molar-refractivity contribution in [3.8, 4) is 0 Å². The van der Waals surface area contributed by atoms with Crippen molar-refractivity contribution < 1.29 is 8.63 Å². The number of hydrogen-bond acceptors (Lipinski definition) is 6. The fourth-order valence-corrected chi connectivity index (χ4v) is 64.1. The normalized spacial score (nSPS) is 15.8. The second-order valence-electron chi connectivity index (χ2n) is 23.8. The molecular weight excluding hydrogens is 785 g/mol. The maximum atomic E-state index is 17.8. The van der Waals surface area contributed by atoms with E-state index in [1.54, 1.807) is 0 Å². The summed E-state index contributed by atoms with van der Waals surface area (Å²) < 4.78 is 51.1. The maximum absolute atomic E-state index is 17.8. The third kappa shape index (κ3) is 13.3. The molecule has 6 nitrogen and oxygen atoms in total. The third-order valence-electron chi connectivity index (χ3n) is 9.86. The number of halogens is 2. The van der Waals surface area contributed by atoms with Crippen LogP contribution in [0.3, 0.4) is 0 Å². The fourth-order valence-electron chi connectivity index (χ4n) is 9.64. The molecule has 0 radical (unpaired) electrons. The van der Waals surface area contributed by atoms with Crippen LogP contribution >= 0.6 is 0 Å². The molecule has 0 atom stereocenters. The van der Waals surface area contributed by atoms with E-state index in [9.17, 15) is 0 Å². The Labute approximate surface area is 325 Å². The molecule has 50 heavy (non-hydrogen) atoms. The average molecular weight is 874 g/mol. The summed E-state index contributed by atoms with van der Waals surface area (Å²) in [4.78, 5) is 0. The van der Waals surface area contributed by atoms with Crippen molar-refractivity contribution in [1.29, 1.82) is 0 Å². The van der Waals surface area contributed by atoms with Crippen LogP contribution in [0.25, 0.3) is 0 Å². The number of rotatable bonds is 19. The van der Waals surface area contributed by atoms with Crippen LogP contribution in [0.4, 0.5) is 8.63 Å². The second-order valence-corrected chi connectivity index (χ2v) is 73.2. The predicted molar refractivity (Wildman–Crippen MR) is 256 cm³/mol. The van der Waals surface area contributed by atoms with E-state index in [4.69, 9.17) is 0 Å². The van der Waals surface area contributed by atoms with Crippen molar-refractivity contribution in [3.63, 3.8) is 0 Å². The van der Waals surface area contributed by atoms with E-state index >= 15 is 8.63 Å². The van der Waals surface area contributed by atoms with E-state index in [0.29, 0.717) is 0 Å². The lowest BCUT2D eigenvalue weighted by Gasteiger charge is -2.60. The molecule has 0 aliphatic rings. The zero-order valence-corrected chi connectivity index (χ0v) is 49.0. The molecule has 0 aromatic carbocycles. The van der Waals surface area contributed by atoms with Gasteiger partial charge in [-0.05, 0) is 39.3 Å². The quantitative estimate of drug-likeness (QED) is 0.120. The summed E-state index contributed by atoms with van der Waals surface area (Å²) in [5.41, 5.74) is 0. The van der Waals surface area contributed by atoms with Crippen LogP contribution in [-0.2, 0) is 0 Å². The van der Waals surface area contributed by atoms with Gasteiger partial charge in [0.2, 0.25) is 0 Å². The van der Waals surface area contributed by atoms with E-state index in [1.165, 1.54) is 0 Å². The molecule has 0 aromatic rings. The number of hydrogen-bond donors (Lipinski definition) is 0. The molecule has 0 N–H and O–H groups in total. The molecule has 0 saturated carbocycles. The SMILES string of the molecule is C[Si](C)(C)N(B(F)N([Si](C)(C)C)[Si](C)(C)N(CCN([Si](C)(C)C)[Si](C)(C)N(B(F)N([Si](C)(C)C)[Si](C)(C)C)[Si](C)(C)C)[Si](C)(C)C)[Si](C)(C)C. The first-order valence-corrected chi connectivity index (χ1v) is 52.7. The standard InChI is InChI=1S/C30H88B2F2N6Si10/c1-41(2,3)35(49(25,26)39(47(19,20)21)31(33)37(43(7,8)9)44(10,11)12)29-30-36(42(4,5)6)50(27,28)40(48(22,23)24)32(34)38(45(13,14)15)46(16,17)18/h29-30H2,1-28H3. The Morgan fingerprint density at radius 2 is 0.440 bits per heavy atom. The Morgan fingerprint density at radius 3 is 0.560 bits per heavy atom. The minimum Gasteiger partial charge on any atom is -0.344 e. The van der Waals surface area contributed by atoms with Crippen LogP contribution in [0.15, 0.2) is 0 Å². The Hall–Kier alpha value is 1.92. The van der Waals surface area contributed by atoms with E-state index in [2.05, 4.69) is 208 Å². The zero-order valence-electron chi connectivity index (χ0n) is 39.0. The number of nitrogens with zero attached hydrogens (tertiary/aromatic N) is 6. The van der Waals surface area contributed by atoms with Gasteiger partial charge in [-0.1, -0.05) is 157 Å². The minimum atomic E-state index is -2.51. The van der Waals surface area contributed by atoms with Gasteiger partial charge in [0.15, 0.2) is 16.8 Å². The zero-order chi connectivity index (χ0) is 41.0. The summed E-state index contributed by atoms with van der Waals surface area (Å²) >= 11 is 0. The van der Waals surface area contributed by atoms with Gasteiger partial charge >= 0.3 is 14.5 Å². The van der Waals surface area contributed by atoms with Gasteiger partial charge in [-0.2, -0.15) is 0 Å². The van der Waals surface area contributed by atoms with E-state index < -0.39 is 97.2 Å². The second kappa shape index (κ2) is 16.4. The van der Waals surface area contributed by atoms with Crippen LogP contribution in [0.5, 0.6) is 0 Å². The summed E-state index contributed by atoms with van der Waals surface area (Å²) in [6.45, 7) is 68.6. The smallest absolute Gasteiger partial charge is 0.344 e. The van der Waals surface area contributed by atoms with Gasteiger partial charge in [0.1, 0.15) is 65.9 Å². The highest BCUT2D eigenvalue weighted by Gasteiger charge is 2.59. The fraction of sp³-hybridized carbons (Fsp3) is 1.00. The first-order valence-electron chi connectivity index (χ1n) is 19.3. The van der Waals surface area contributed by atoms with E-state index in [0.717, 1.165) is 13.1 Å². The van der Waals surface area contributed by atoms with E-state index in [-0.39, 0.29) is 0 Å². The molecule has 298 valence electrons. The molecule has 0 aliphatic heterocycles. The summed E-state index contributed by atoms with van der Waals surface area (Å²) in [5.74, 6) is 0. The summed E-state index contributed by atoms with van der Waals surface area (Å²) in [6, 6.07) is 0. The monoisotopic (exact) mass is 872 g/mol.